The Morgan fingerprint density at radius 3 is 3.00 bits per heavy atom. The molecule has 0 unspecified atom stereocenters. The molecular weight excluding hydrogens is 164 g/mol. The van der Waals surface area contributed by atoms with E-state index in [0.717, 1.165) is 25.6 Å². The van der Waals surface area contributed by atoms with Crippen LogP contribution in [0.2, 0.25) is 0 Å². The van der Waals surface area contributed by atoms with E-state index in [1.807, 2.05) is 4.90 Å². The molecule has 1 aliphatic carbocycles. The Hall–Kier alpha value is -0.570. The van der Waals surface area contributed by atoms with Crippen molar-refractivity contribution in [3.8, 4) is 0 Å². The Balaban J connectivity index is 1.91. The lowest BCUT2D eigenvalue weighted by molar-refractivity contribution is -0.130. The maximum absolute atomic E-state index is 11.6. The minimum Gasteiger partial charge on any atom is -0.341 e. The summed E-state index contributed by atoms with van der Waals surface area (Å²) in [5.74, 6) is 1.15. The summed E-state index contributed by atoms with van der Waals surface area (Å²) in [5, 5.41) is 3.34. The average Bonchev–Trinajstić information content (AvgIpc) is 2.86. The summed E-state index contributed by atoms with van der Waals surface area (Å²) in [7, 11) is 0. The van der Waals surface area contributed by atoms with Crippen LogP contribution in [-0.2, 0) is 4.79 Å². The molecule has 1 saturated heterocycles. The third-order valence-corrected chi connectivity index (χ3v) is 2.85. The Morgan fingerprint density at radius 2 is 2.31 bits per heavy atom. The third kappa shape index (κ3) is 2.44. The highest BCUT2D eigenvalue weighted by atomic mass is 16.2. The van der Waals surface area contributed by atoms with Crippen LogP contribution in [0.3, 0.4) is 0 Å². The number of amides is 1. The van der Waals surface area contributed by atoms with Crippen LogP contribution < -0.4 is 5.32 Å². The van der Waals surface area contributed by atoms with Gasteiger partial charge in [-0.1, -0.05) is 0 Å². The number of hydrogen-bond donors (Lipinski definition) is 1. The van der Waals surface area contributed by atoms with Crippen molar-refractivity contribution in [3.05, 3.63) is 0 Å². The highest BCUT2D eigenvalue weighted by molar-refractivity contribution is 5.76. The molecule has 0 radical (unpaired) electrons. The first-order chi connectivity index (χ1) is 6.25. The second-order valence-electron chi connectivity index (χ2n) is 4.35. The molecule has 13 heavy (non-hydrogen) atoms. The van der Waals surface area contributed by atoms with E-state index >= 15 is 0 Å². The van der Waals surface area contributed by atoms with Crippen LogP contribution >= 0.6 is 0 Å². The Morgan fingerprint density at radius 1 is 1.54 bits per heavy atom. The molecule has 1 N–H and O–H groups in total. The molecule has 1 heterocycles. The molecule has 2 fully saturated rings. The van der Waals surface area contributed by atoms with Crippen LogP contribution in [0.4, 0.5) is 0 Å². The SMILES string of the molecule is C[C@H]1CN(CC2CC2)C(=O)CCN1. The van der Waals surface area contributed by atoms with Crippen molar-refractivity contribution in [2.24, 2.45) is 5.92 Å². The summed E-state index contributed by atoms with van der Waals surface area (Å²) < 4.78 is 0. The monoisotopic (exact) mass is 182 g/mol. The van der Waals surface area contributed by atoms with Gasteiger partial charge in [0.05, 0.1) is 0 Å². The summed E-state index contributed by atoms with van der Waals surface area (Å²) in [6.07, 6.45) is 3.33. The molecule has 2 aliphatic rings. The largest absolute Gasteiger partial charge is 0.341 e. The average molecular weight is 182 g/mol. The number of nitrogens with zero attached hydrogens (tertiary/aromatic N) is 1. The smallest absolute Gasteiger partial charge is 0.223 e. The second-order valence-corrected chi connectivity index (χ2v) is 4.35. The molecule has 0 aromatic heterocycles. The quantitative estimate of drug-likeness (QED) is 0.678. The van der Waals surface area contributed by atoms with Crippen LogP contribution in [0.15, 0.2) is 0 Å². The molecule has 1 saturated carbocycles. The molecule has 0 spiro atoms. The summed E-state index contributed by atoms with van der Waals surface area (Å²) in [6.45, 7) is 4.90. The van der Waals surface area contributed by atoms with Gasteiger partial charge in [-0.2, -0.15) is 0 Å². The first-order valence-electron chi connectivity index (χ1n) is 5.27. The minimum atomic E-state index is 0.337. The van der Waals surface area contributed by atoms with Gasteiger partial charge in [-0.15, -0.1) is 0 Å². The molecule has 0 bridgehead atoms. The van der Waals surface area contributed by atoms with Crippen LogP contribution in [0, 0.1) is 5.92 Å². The molecular formula is C10H18N2O. The maximum atomic E-state index is 11.6. The molecule has 0 aromatic carbocycles. The van der Waals surface area contributed by atoms with Gasteiger partial charge in [0.15, 0.2) is 0 Å². The molecule has 2 rings (SSSR count). The first kappa shape index (κ1) is 9.00. The van der Waals surface area contributed by atoms with Crippen molar-refractivity contribution < 1.29 is 4.79 Å². The molecule has 74 valence electrons. The highest BCUT2D eigenvalue weighted by Gasteiger charge is 2.28. The number of carbonyl (C=O) groups is 1. The zero-order chi connectivity index (χ0) is 9.26. The molecule has 1 aliphatic heterocycles. The number of rotatable bonds is 2. The predicted molar refractivity (Wildman–Crippen MR) is 51.4 cm³/mol. The molecule has 1 amide bonds. The van der Waals surface area contributed by atoms with Gasteiger partial charge in [0.2, 0.25) is 5.91 Å². The van der Waals surface area contributed by atoms with E-state index in [-0.39, 0.29) is 0 Å². The Kier molecular flexibility index (Phi) is 2.54. The number of nitrogens with one attached hydrogen (secondary N) is 1. The van der Waals surface area contributed by atoms with E-state index in [1.165, 1.54) is 12.8 Å². The van der Waals surface area contributed by atoms with Gasteiger partial charge in [0, 0.05) is 32.1 Å². The van der Waals surface area contributed by atoms with Crippen LogP contribution in [0.5, 0.6) is 0 Å². The van der Waals surface area contributed by atoms with Crippen molar-refractivity contribution in [1.29, 1.82) is 0 Å². The molecule has 1 atom stereocenters. The van der Waals surface area contributed by atoms with Gasteiger partial charge in [-0.05, 0) is 25.7 Å². The summed E-state index contributed by atoms with van der Waals surface area (Å²) in [6, 6.07) is 0.463. The summed E-state index contributed by atoms with van der Waals surface area (Å²) >= 11 is 0. The van der Waals surface area contributed by atoms with Crippen LogP contribution in [-0.4, -0.2) is 36.5 Å². The van der Waals surface area contributed by atoms with Crippen molar-refractivity contribution in [2.45, 2.75) is 32.2 Å². The zero-order valence-corrected chi connectivity index (χ0v) is 8.25. The highest BCUT2D eigenvalue weighted by Crippen LogP contribution is 2.30. The molecule has 3 heteroatoms. The zero-order valence-electron chi connectivity index (χ0n) is 8.25. The van der Waals surface area contributed by atoms with Crippen molar-refractivity contribution >= 4 is 5.91 Å². The van der Waals surface area contributed by atoms with E-state index in [9.17, 15) is 4.79 Å². The Bertz CT molecular complexity index is 201. The lowest BCUT2D eigenvalue weighted by Crippen LogP contribution is -2.38. The summed E-state index contributed by atoms with van der Waals surface area (Å²) in [4.78, 5) is 13.7. The van der Waals surface area contributed by atoms with Crippen LogP contribution in [0.25, 0.3) is 0 Å². The normalized spacial score (nSPS) is 30.4. The topological polar surface area (TPSA) is 32.3 Å². The van der Waals surface area contributed by atoms with Gasteiger partial charge >= 0.3 is 0 Å². The van der Waals surface area contributed by atoms with E-state index in [2.05, 4.69) is 12.2 Å². The van der Waals surface area contributed by atoms with Crippen molar-refractivity contribution in [2.75, 3.05) is 19.6 Å². The van der Waals surface area contributed by atoms with E-state index in [1.54, 1.807) is 0 Å². The number of carbonyl (C=O) groups excluding carboxylic acids is 1. The minimum absolute atomic E-state index is 0.337. The van der Waals surface area contributed by atoms with Crippen molar-refractivity contribution in [3.63, 3.8) is 0 Å². The second kappa shape index (κ2) is 3.66. The standard InChI is InChI=1S/C10H18N2O/c1-8-6-12(7-9-2-3-9)10(13)4-5-11-8/h8-9,11H,2-7H2,1H3/t8-/m0/s1. The fourth-order valence-corrected chi connectivity index (χ4v) is 1.87. The maximum Gasteiger partial charge on any atom is 0.223 e. The lowest BCUT2D eigenvalue weighted by Gasteiger charge is -2.22. The molecule has 0 aromatic rings. The van der Waals surface area contributed by atoms with E-state index in [0.29, 0.717) is 18.4 Å². The fraction of sp³-hybridized carbons (Fsp3) is 0.900. The van der Waals surface area contributed by atoms with Crippen molar-refractivity contribution in [1.82, 2.24) is 10.2 Å². The van der Waals surface area contributed by atoms with Gasteiger partial charge in [-0.3, -0.25) is 4.79 Å². The van der Waals surface area contributed by atoms with Crippen LogP contribution in [0.1, 0.15) is 26.2 Å². The summed E-state index contributed by atoms with van der Waals surface area (Å²) in [5.41, 5.74) is 0. The lowest BCUT2D eigenvalue weighted by atomic mass is 10.3. The molecule has 3 nitrogen and oxygen atoms in total. The van der Waals surface area contributed by atoms with Gasteiger partial charge in [-0.25, -0.2) is 0 Å². The van der Waals surface area contributed by atoms with Gasteiger partial charge in [0.1, 0.15) is 0 Å². The predicted octanol–water partition coefficient (Wildman–Crippen LogP) is 0.607. The van der Waals surface area contributed by atoms with E-state index < -0.39 is 0 Å². The first-order valence-corrected chi connectivity index (χ1v) is 5.27. The van der Waals surface area contributed by atoms with E-state index in [4.69, 9.17) is 0 Å². The Labute approximate surface area is 79.5 Å². The third-order valence-electron chi connectivity index (χ3n) is 2.85. The number of hydrogen-bond acceptors (Lipinski definition) is 2. The van der Waals surface area contributed by atoms with Gasteiger partial charge < -0.3 is 10.2 Å². The fourth-order valence-electron chi connectivity index (χ4n) is 1.87. The van der Waals surface area contributed by atoms with Gasteiger partial charge in [0.25, 0.3) is 0 Å².